The number of aromatic amines is 1. The molecule has 3 aromatic rings. The maximum absolute atomic E-state index is 4.56. The zero-order chi connectivity index (χ0) is 12.7. The Morgan fingerprint density at radius 3 is 2.61 bits per heavy atom. The van der Waals surface area contributed by atoms with Crippen molar-refractivity contribution in [2.45, 2.75) is 13.8 Å². The Morgan fingerprint density at radius 1 is 1.17 bits per heavy atom. The molecule has 0 spiro atoms. The van der Waals surface area contributed by atoms with Crippen LogP contribution in [-0.4, -0.2) is 15.0 Å². The second-order valence-corrected chi connectivity index (χ2v) is 5.29. The van der Waals surface area contributed by atoms with Crippen LogP contribution >= 0.6 is 15.9 Å². The second kappa shape index (κ2) is 4.21. The molecule has 0 aliphatic heterocycles. The molecule has 2 aromatic heterocycles. The van der Waals surface area contributed by atoms with Crippen LogP contribution in [0.1, 0.15) is 11.1 Å². The summed E-state index contributed by atoms with van der Waals surface area (Å²) in [4.78, 5) is 12.2. The molecule has 4 heteroatoms. The van der Waals surface area contributed by atoms with Crippen molar-refractivity contribution >= 4 is 27.1 Å². The molecular formula is C14H12BrN3. The zero-order valence-corrected chi connectivity index (χ0v) is 11.7. The standard InChI is InChI=1S/C14H12BrN3/c1-8-4-3-5-9(2)12(8)14-17-11-6-10(15)7-16-13(11)18-14/h3-7H,1-2H3,(H,16,17,18). The van der Waals surface area contributed by atoms with E-state index in [2.05, 4.69) is 62.9 Å². The lowest BCUT2D eigenvalue weighted by Crippen LogP contribution is -1.89. The minimum atomic E-state index is 0.746. The van der Waals surface area contributed by atoms with Crippen molar-refractivity contribution in [1.29, 1.82) is 0 Å². The molecule has 0 fully saturated rings. The predicted molar refractivity (Wildman–Crippen MR) is 76.5 cm³/mol. The number of nitrogens with one attached hydrogen (secondary N) is 1. The highest BCUT2D eigenvalue weighted by Crippen LogP contribution is 2.26. The second-order valence-electron chi connectivity index (χ2n) is 4.38. The van der Waals surface area contributed by atoms with Crippen molar-refractivity contribution in [3.8, 4) is 11.4 Å². The first-order chi connectivity index (χ1) is 8.65. The van der Waals surface area contributed by atoms with Gasteiger partial charge in [0.15, 0.2) is 5.65 Å². The summed E-state index contributed by atoms with van der Waals surface area (Å²) in [7, 11) is 0. The van der Waals surface area contributed by atoms with E-state index in [-0.39, 0.29) is 0 Å². The molecule has 0 aliphatic rings. The number of aryl methyl sites for hydroxylation is 2. The highest BCUT2D eigenvalue weighted by atomic mass is 79.9. The molecule has 1 N–H and O–H groups in total. The van der Waals surface area contributed by atoms with Crippen LogP contribution in [0.5, 0.6) is 0 Å². The largest absolute Gasteiger partial charge is 0.337 e. The van der Waals surface area contributed by atoms with Crippen LogP contribution in [0.25, 0.3) is 22.6 Å². The number of imidazole rings is 1. The Bertz CT molecular complexity index is 711. The van der Waals surface area contributed by atoms with E-state index in [4.69, 9.17) is 0 Å². The third-order valence-corrected chi connectivity index (χ3v) is 3.46. The predicted octanol–water partition coefficient (Wildman–Crippen LogP) is 4.00. The van der Waals surface area contributed by atoms with Gasteiger partial charge in [-0.25, -0.2) is 9.97 Å². The Morgan fingerprint density at radius 2 is 1.89 bits per heavy atom. The van der Waals surface area contributed by atoms with Gasteiger partial charge in [0, 0.05) is 16.2 Å². The van der Waals surface area contributed by atoms with Crippen LogP contribution in [0.3, 0.4) is 0 Å². The van der Waals surface area contributed by atoms with Gasteiger partial charge in [0.25, 0.3) is 0 Å². The van der Waals surface area contributed by atoms with Gasteiger partial charge in [-0.1, -0.05) is 18.2 Å². The van der Waals surface area contributed by atoms with Gasteiger partial charge < -0.3 is 4.98 Å². The van der Waals surface area contributed by atoms with E-state index in [1.165, 1.54) is 11.1 Å². The lowest BCUT2D eigenvalue weighted by atomic mass is 10.0. The van der Waals surface area contributed by atoms with Crippen LogP contribution in [-0.2, 0) is 0 Å². The maximum Gasteiger partial charge on any atom is 0.178 e. The molecule has 3 rings (SSSR count). The fraction of sp³-hybridized carbons (Fsp3) is 0.143. The van der Waals surface area contributed by atoms with Gasteiger partial charge >= 0.3 is 0 Å². The Hall–Kier alpha value is -1.68. The van der Waals surface area contributed by atoms with Crippen LogP contribution < -0.4 is 0 Å². The number of hydrogen-bond donors (Lipinski definition) is 1. The first kappa shape index (κ1) is 11.4. The molecule has 3 nitrogen and oxygen atoms in total. The van der Waals surface area contributed by atoms with Gasteiger partial charge in [-0.05, 0) is 47.0 Å². The lowest BCUT2D eigenvalue weighted by molar-refractivity contribution is 1.26. The van der Waals surface area contributed by atoms with Crippen LogP contribution in [0, 0.1) is 13.8 Å². The number of pyridine rings is 1. The lowest BCUT2D eigenvalue weighted by Gasteiger charge is -2.05. The minimum absolute atomic E-state index is 0.746. The van der Waals surface area contributed by atoms with E-state index in [1.54, 1.807) is 6.20 Å². The highest BCUT2D eigenvalue weighted by Gasteiger charge is 2.10. The third kappa shape index (κ3) is 1.82. The van der Waals surface area contributed by atoms with Crippen molar-refractivity contribution in [3.05, 3.63) is 46.1 Å². The molecule has 90 valence electrons. The number of hydrogen-bond acceptors (Lipinski definition) is 2. The quantitative estimate of drug-likeness (QED) is 0.738. The summed E-state index contributed by atoms with van der Waals surface area (Å²) in [5, 5.41) is 0. The summed E-state index contributed by atoms with van der Waals surface area (Å²) in [6.45, 7) is 4.19. The number of fused-ring (bicyclic) bond motifs is 1. The van der Waals surface area contributed by atoms with Gasteiger partial charge in [0.1, 0.15) is 5.82 Å². The summed E-state index contributed by atoms with van der Waals surface area (Å²) < 4.78 is 0.951. The van der Waals surface area contributed by atoms with Crippen molar-refractivity contribution < 1.29 is 0 Å². The van der Waals surface area contributed by atoms with Crippen LogP contribution in [0.15, 0.2) is 34.9 Å². The normalized spacial score (nSPS) is 11.1. The molecule has 0 amide bonds. The molecule has 0 unspecified atom stereocenters. The van der Waals surface area contributed by atoms with Crippen molar-refractivity contribution in [1.82, 2.24) is 15.0 Å². The average Bonchev–Trinajstić information content (AvgIpc) is 2.71. The topological polar surface area (TPSA) is 41.6 Å². The van der Waals surface area contributed by atoms with Crippen molar-refractivity contribution in [3.63, 3.8) is 0 Å². The van der Waals surface area contributed by atoms with Crippen molar-refractivity contribution in [2.75, 3.05) is 0 Å². The Labute approximate surface area is 113 Å². The molecule has 18 heavy (non-hydrogen) atoms. The van der Waals surface area contributed by atoms with Crippen LogP contribution in [0.4, 0.5) is 0 Å². The van der Waals surface area contributed by atoms with Crippen LogP contribution in [0.2, 0.25) is 0 Å². The van der Waals surface area contributed by atoms with E-state index in [9.17, 15) is 0 Å². The zero-order valence-electron chi connectivity index (χ0n) is 10.2. The average molecular weight is 302 g/mol. The minimum Gasteiger partial charge on any atom is -0.337 e. The number of halogens is 1. The Kier molecular flexibility index (Phi) is 2.67. The van der Waals surface area contributed by atoms with E-state index in [0.717, 1.165) is 27.0 Å². The van der Waals surface area contributed by atoms with Gasteiger partial charge in [-0.2, -0.15) is 0 Å². The van der Waals surface area contributed by atoms with E-state index < -0.39 is 0 Å². The number of rotatable bonds is 1. The number of benzene rings is 1. The first-order valence-corrected chi connectivity index (χ1v) is 6.52. The number of H-pyrrole nitrogens is 1. The van der Waals surface area contributed by atoms with Gasteiger partial charge in [-0.15, -0.1) is 0 Å². The smallest absolute Gasteiger partial charge is 0.178 e. The maximum atomic E-state index is 4.56. The number of nitrogens with zero attached hydrogens (tertiary/aromatic N) is 2. The summed E-state index contributed by atoms with van der Waals surface area (Å²) in [6.07, 6.45) is 1.76. The molecule has 0 bridgehead atoms. The summed E-state index contributed by atoms with van der Waals surface area (Å²) in [6, 6.07) is 8.25. The van der Waals surface area contributed by atoms with E-state index in [1.807, 2.05) is 6.07 Å². The van der Waals surface area contributed by atoms with Gasteiger partial charge in [0.2, 0.25) is 0 Å². The molecule has 0 aliphatic carbocycles. The monoisotopic (exact) mass is 301 g/mol. The highest BCUT2D eigenvalue weighted by molar-refractivity contribution is 9.10. The molecule has 2 heterocycles. The number of aromatic nitrogens is 3. The van der Waals surface area contributed by atoms with Gasteiger partial charge in [0.05, 0.1) is 5.52 Å². The summed E-state index contributed by atoms with van der Waals surface area (Å²) in [5.41, 5.74) is 5.28. The fourth-order valence-corrected chi connectivity index (χ4v) is 2.51. The van der Waals surface area contributed by atoms with Gasteiger partial charge in [-0.3, -0.25) is 0 Å². The fourth-order valence-electron chi connectivity index (χ4n) is 2.18. The summed E-state index contributed by atoms with van der Waals surface area (Å²) in [5.74, 6) is 0.881. The van der Waals surface area contributed by atoms with Crippen molar-refractivity contribution in [2.24, 2.45) is 0 Å². The Balaban J connectivity index is 2.26. The molecule has 1 aromatic carbocycles. The molecule has 0 saturated carbocycles. The SMILES string of the molecule is Cc1cccc(C)c1-c1nc2ncc(Br)cc2[nH]1. The molecule has 0 atom stereocenters. The molecule has 0 radical (unpaired) electrons. The first-order valence-electron chi connectivity index (χ1n) is 5.73. The van der Waals surface area contributed by atoms with E-state index in [0.29, 0.717) is 0 Å². The third-order valence-electron chi connectivity index (χ3n) is 3.02. The summed E-state index contributed by atoms with van der Waals surface area (Å²) >= 11 is 3.42. The van der Waals surface area contributed by atoms with E-state index >= 15 is 0 Å². The molecular weight excluding hydrogens is 290 g/mol. The molecule has 0 saturated heterocycles.